The third kappa shape index (κ3) is 3.23. The lowest BCUT2D eigenvalue weighted by molar-refractivity contribution is 0.172. The summed E-state index contributed by atoms with van der Waals surface area (Å²) in [7, 11) is 2.97. The van der Waals surface area contributed by atoms with E-state index >= 15 is 0 Å². The number of hydrogen-bond acceptors (Lipinski definition) is 7. The molecule has 0 aromatic carbocycles. The lowest BCUT2D eigenvalue weighted by Gasteiger charge is -2.36. The predicted octanol–water partition coefficient (Wildman–Crippen LogP) is 0.996. The zero-order chi connectivity index (χ0) is 13.7. The summed E-state index contributed by atoms with van der Waals surface area (Å²) < 4.78 is 10.0. The quantitative estimate of drug-likeness (QED) is 0.823. The lowest BCUT2D eigenvalue weighted by atomic mass is 9.82. The molecule has 19 heavy (non-hydrogen) atoms. The molecule has 1 aromatic heterocycles. The van der Waals surface area contributed by atoms with E-state index in [-0.39, 0.29) is 24.2 Å². The summed E-state index contributed by atoms with van der Waals surface area (Å²) in [5, 5.41) is 12.9. The molecule has 106 valence electrons. The van der Waals surface area contributed by atoms with E-state index in [9.17, 15) is 5.11 Å². The van der Waals surface area contributed by atoms with E-state index in [1.165, 1.54) is 20.6 Å². The van der Waals surface area contributed by atoms with Crippen molar-refractivity contribution in [1.29, 1.82) is 0 Å². The van der Waals surface area contributed by atoms with Crippen molar-refractivity contribution in [2.45, 2.75) is 37.6 Å². The van der Waals surface area contributed by atoms with Gasteiger partial charge in [-0.05, 0) is 12.8 Å². The van der Waals surface area contributed by atoms with Gasteiger partial charge in [-0.3, -0.25) is 0 Å². The van der Waals surface area contributed by atoms with Crippen LogP contribution in [0.1, 0.15) is 32.1 Å². The van der Waals surface area contributed by atoms with E-state index in [2.05, 4.69) is 20.3 Å². The third-order valence-corrected chi connectivity index (χ3v) is 3.45. The molecule has 0 unspecified atom stereocenters. The summed E-state index contributed by atoms with van der Waals surface area (Å²) in [6.45, 7) is 0.0588. The number of aliphatic hydroxyl groups excluding tert-OH is 1. The van der Waals surface area contributed by atoms with Gasteiger partial charge in [-0.1, -0.05) is 19.3 Å². The Hall–Kier alpha value is -1.63. The number of methoxy groups -OCH3 is 2. The molecule has 0 aliphatic heterocycles. The van der Waals surface area contributed by atoms with Crippen molar-refractivity contribution in [3.63, 3.8) is 0 Å². The Morgan fingerprint density at radius 1 is 1.05 bits per heavy atom. The van der Waals surface area contributed by atoms with E-state index in [1.54, 1.807) is 0 Å². The van der Waals surface area contributed by atoms with Gasteiger partial charge in [0.15, 0.2) is 0 Å². The molecule has 1 saturated carbocycles. The Bertz CT molecular complexity index is 399. The highest BCUT2D eigenvalue weighted by Gasteiger charge is 2.32. The fraction of sp³-hybridized carbons (Fsp3) is 0.750. The van der Waals surface area contributed by atoms with Crippen molar-refractivity contribution >= 4 is 5.95 Å². The monoisotopic (exact) mass is 268 g/mol. The Morgan fingerprint density at radius 3 is 2.11 bits per heavy atom. The van der Waals surface area contributed by atoms with Crippen molar-refractivity contribution in [1.82, 2.24) is 15.0 Å². The Balaban J connectivity index is 2.20. The van der Waals surface area contributed by atoms with E-state index in [0.29, 0.717) is 5.95 Å². The van der Waals surface area contributed by atoms with Crippen LogP contribution in [0, 0.1) is 0 Å². The SMILES string of the molecule is COc1nc(NC2(CO)CCCCC2)nc(OC)n1. The van der Waals surface area contributed by atoms with Crippen molar-refractivity contribution in [3.05, 3.63) is 0 Å². The molecule has 1 aliphatic carbocycles. The maximum atomic E-state index is 9.66. The number of rotatable bonds is 5. The predicted molar refractivity (Wildman–Crippen MR) is 69.5 cm³/mol. The second-order valence-electron chi connectivity index (χ2n) is 4.76. The summed E-state index contributed by atoms with van der Waals surface area (Å²) in [6.07, 6.45) is 5.19. The van der Waals surface area contributed by atoms with Crippen LogP contribution < -0.4 is 14.8 Å². The molecule has 0 saturated heterocycles. The molecule has 1 aliphatic rings. The van der Waals surface area contributed by atoms with Gasteiger partial charge in [0.05, 0.1) is 26.4 Å². The number of hydrogen-bond donors (Lipinski definition) is 2. The van der Waals surface area contributed by atoms with Crippen molar-refractivity contribution in [2.24, 2.45) is 0 Å². The second-order valence-corrected chi connectivity index (χ2v) is 4.76. The molecule has 0 spiro atoms. The Labute approximate surface area is 112 Å². The Kier molecular flexibility index (Phi) is 4.36. The molecule has 0 atom stereocenters. The molecule has 1 heterocycles. The summed E-state index contributed by atoms with van der Waals surface area (Å²) in [5.74, 6) is 0.375. The van der Waals surface area contributed by atoms with Crippen LogP contribution in [-0.4, -0.2) is 46.4 Å². The summed E-state index contributed by atoms with van der Waals surface area (Å²) in [4.78, 5) is 12.2. The second kappa shape index (κ2) is 6.01. The van der Waals surface area contributed by atoms with Crippen LogP contribution in [-0.2, 0) is 0 Å². The summed E-state index contributed by atoms with van der Waals surface area (Å²) in [5.41, 5.74) is -0.352. The van der Waals surface area contributed by atoms with Gasteiger partial charge in [0.25, 0.3) is 0 Å². The van der Waals surface area contributed by atoms with Crippen LogP contribution in [0.3, 0.4) is 0 Å². The molecule has 2 N–H and O–H groups in total. The molecule has 7 nitrogen and oxygen atoms in total. The lowest BCUT2D eigenvalue weighted by Crippen LogP contribution is -2.44. The van der Waals surface area contributed by atoms with Gasteiger partial charge in [-0.2, -0.15) is 9.97 Å². The van der Waals surface area contributed by atoms with Crippen LogP contribution >= 0.6 is 0 Å². The average Bonchev–Trinajstić information content (AvgIpc) is 2.47. The van der Waals surface area contributed by atoms with Gasteiger partial charge < -0.3 is 19.9 Å². The normalized spacial score (nSPS) is 17.8. The van der Waals surface area contributed by atoms with E-state index in [4.69, 9.17) is 9.47 Å². The molecule has 0 bridgehead atoms. The zero-order valence-electron chi connectivity index (χ0n) is 11.3. The van der Waals surface area contributed by atoms with Crippen molar-refractivity contribution in [2.75, 3.05) is 26.1 Å². The first kappa shape index (κ1) is 13.8. The van der Waals surface area contributed by atoms with Gasteiger partial charge in [0.1, 0.15) is 0 Å². The number of anilines is 1. The molecule has 2 rings (SSSR count). The maximum Gasteiger partial charge on any atom is 0.324 e. The first-order chi connectivity index (χ1) is 9.21. The molecule has 1 aromatic rings. The highest BCUT2D eigenvalue weighted by Crippen LogP contribution is 2.30. The van der Waals surface area contributed by atoms with Gasteiger partial charge >= 0.3 is 12.0 Å². The minimum atomic E-state index is -0.352. The van der Waals surface area contributed by atoms with Crippen molar-refractivity contribution in [3.8, 4) is 12.0 Å². The highest BCUT2D eigenvalue weighted by molar-refractivity contribution is 5.32. The van der Waals surface area contributed by atoms with Crippen LogP contribution in [0.15, 0.2) is 0 Å². The van der Waals surface area contributed by atoms with Gasteiger partial charge in [0.2, 0.25) is 5.95 Å². The zero-order valence-corrected chi connectivity index (χ0v) is 11.3. The molecule has 0 amide bonds. The van der Waals surface area contributed by atoms with Gasteiger partial charge in [-0.25, -0.2) is 0 Å². The maximum absolute atomic E-state index is 9.66. The largest absolute Gasteiger partial charge is 0.467 e. The minimum absolute atomic E-state index is 0.0588. The highest BCUT2D eigenvalue weighted by atomic mass is 16.5. The van der Waals surface area contributed by atoms with Crippen LogP contribution in [0.25, 0.3) is 0 Å². The van der Waals surface area contributed by atoms with Crippen molar-refractivity contribution < 1.29 is 14.6 Å². The number of ether oxygens (including phenoxy) is 2. The topological polar surface area (TPSA) is 89.4 Å². The third-order valence-electron chi connectivity index (χ3n) is 3.45. The first-order valence-corrected chi connectivity index (χ1v) is 6.44. The summed E-state index contributed by atoms with van der Waals surface area (Å²) in [6, 6.07) is 0.386. The number of nitrogens with one attached hydrogen (secondary N) is 1. The number of nitrogens with zero attached hydrogens (tertiary/aromatic N) is 3. The van der Waals surface area contributed by atoms with E-state index in [1.807, 2.05) is 0 Å². The first-order valence-electron chi connectivity index (χ1n) is 6.44. The number of aliphatic hydroxyl groups is 1. The molecular weight excluding hydrogens is 248 g/mol. The van der Waals surface area contributed by atoms with E-state index < -0.39 is 0 Å². The minimum Gasteiger partial charge on any atom is -0.467 e. The fourth-order valence-electron chi connectivity index (χ4n) is 2.36. The molecule has 7 heteroatoms. The fourth-order valence-corrected chi connectivity index (χ4v) is 2.36. The summed E-state index contributed by atoms with van der Waals surface area (Å²) >= 11 is 0. The molecule has 0 radical (unpaired) electrons. The smallest absolute Gasteiger partial charge is 0.324 e. The van der Waals surface area contributed by atoms with Crippen LogP contribution in [0.2, 0.25) is 0 Å². The standard InChI is InChI=1S/C12H20N4O3/c1-18-10-13-9(14-11(15-10)19-2)16-12(8-17)6-4-3-5-7-12/h17H,3-8H2,1-2H3,(H,13,14,15,16). The molecular formula is C12H20N4O3. The number of aromatic nitrogens is 3. The average molecular weight is 268 g/mol. The Morgan fingerprint density at radius 2 is 1.63 bits per heavy atom. The van der Waals surface area contributed by atoms with E-state index in [0.717, 1.165) is 25.7 Å². The van der Waals surface area contributed by atoms with Gasteiger partial charge in [0, 0.05) is 0 Å². The molecule has 1 fully saturated rings. The van der Waals surface area contributed by atoms with Crippen LogP contribution in [0.4, 0.5) is 5.95 Å². The van der Waals surface area contributed by atoms with Crippen LogP contribution in [0.5, 0.6) is 12.0 Å². The van der Waals surface area contributed by atoms with Gasteiger partial charge in [-0.15, -0.1) is 4.98 Å².